The molecule has 1 aromatic heterocycles. The van der Waals surface area contributed by atoms with Crippen LogP contribution in [0, 0.1) is 13.8 Å². The summed E-state index contributed by atoms with van der Waals surface area (Å²) in [6.45, 7) is 12.3. The van der Waals surface area contributed by atoms with Crippen molar-refractivity contribution < 1.29 is 4.74 Å². The van der Waals surface area contributed by atoms with Gasteiger partial charge in [-0.15, -0.1) is 0 Å². The summed E-state index contributed by atoms with van der Waals surface area (Å²) in [5.74, 6) is 0.772. The Bertz CT molecular complexity index is 786. The van der Waals surface area contributed by atoms with E-state index in [0.717, 1.165) is 11.7 Å². The second kappa shape index (κ2) is 9.04. The predicted octanol–water partition coefficient (Wildman–Crippen LogP) is 3.22. The molecule has 6 heteroatoms. The van der Waals surface area contributed by atoms with Crippen LogP contribution in [0.1, 0.15) is 48.8 Å². The van der Waals surface area contributed by atoms with Crippen molar-refractivity contribution in [1.29, 1.82) is 0 Å². The Morgan fingerprint density at radius 3 is 2.41 bits per heavy atom. The molecule has 0 radical (unpaired) electrons. The van der Waals surface area contributed by atoms with Gasteiger partial charge in [0.1, 0.15) is 0 Å². The molecule has 0 amide bonds. The molecule has 0 aliphatic rings. The maximum atomic E-state index is 5.86. The molecule has 1 heterocycles. The lowest BCUT2D eigenvalue weighted by Crippen LogP contribution is -2.36. The lowest BCUT2D eigenvalue weighted by molar-refractivity contribution is -0.0149. The fourth-order valence-corrected chi connectivity index (χ4v) is 2.78. The molecule has 2 aromatic rings. The standard InChI is InChI=1S/C21H33N5O/c1-15-19(16(2)26(7)25-15)13-24-20(22-6)23-12-17-9-8-10-18(11-17)14-27-21(3,4)5/h8-11H,12-14H2,1-7H3,(H2,22,23,24). The number of aliphatic imine (C=N–C) groups is 1. The second-order valence-corrected chi connectivity index (χ2v) is 7.77. The molecule has 0 fully saturated rings. The summed E-state index contributed by atoms with van der Waals surface area (Å²) in [7, 11) is 3.75. The first-order valence-corrected chi connectivity index (χ1v) is 9.35. The summed E-state index contributed by atoms with van der Waals surface area (Å²) in [6.07, 6.45) is 0. The third-order valence-electron chi connectivity index (χ3n) is 4.44. The van der Waals surface area contributed by atoms with Crippen molar-refractivity contribution in [1.82, 2.24) is 20.4 Å². The molecule has 0 bridgehead atoms. The summed E-state index contributed by atoms with van der Waals surface area (Å²) in [5, 5.41) is 11.2. The van der Waals surface area contributed by atoms with E-state index in [4.69, 9.17) is 4.74 Å². The molecule has 0 atom stereocenters. The van der Waals surface area contributed by atoms with Crippen LogP contribution < -0.4 is 10.6 Å². The van der Waals surface area contributed by atoms with Crippen LogP contribution in [0.15, 0.2) is 29.3 Å². The highest BCUT2D eigenvalue weighted by atomic mass is 16.5. The Morgan fingerprint density at radius 2 is 1.81 bits per heavy atom. The van der Waals surface area contributed by atoms with E-state index in [9.17, 15) is 0 Å². The number of ether oxygens (including phenoxy) is 1. The number of benzene rings is 1. The zero-order chi connectivity index (χ0) is 20.0. The van der Waals surface area contributed by atoms with Crippen LogP contribution in [0.4, 0.5) is 0 Å². The third-order valence-corrected chi connectivity index (χ3v) is 4.44. The van der Waals surface area contributed by atoms with Crippen LogP contribution in [0.3, 0.4) is 0 Å². The topological polar surface area (TPSA) is 63.5 Å². The van der Waals surface area contributed by atoms with Gasteiger partial charge in [-0.25, -0.2) is 0 Å². The molecule has 0 saturated heterocycles. The smallest absolute Gasteiger partial charge is 0.191 e. The minimum atomic E-state index is -0.136. The number of nitrogens with one attached hydrogen (secondary N) is 2. The number of hydrogen-bond donors (Lipinski definition) is 2. The van der Waals surface area contributed by atoms with E-state index in [1.165, 1.54) is 22.4 Å². The minimum Gasteiger partial charge on any atom is -0.371 e. The maximum Gasteiger partial charge on any atom is 0.191 e. The van der Waals surface area contributed by atoms with Gasteiger partial charge in [0.2, 0.25) is 0 Å². The Hall–Kier alpha value is -2.34. The molecule has 148 valence electrons. The minimum absolute atomic E-state index is 0.136. The average Bonchev–Trinajstić information content (AvgIpc) is 2.85. The van der Waals surface area contributed by atoms with Gasteiger partial charge in [-0.2, -0.15) is 5.10 Å². The first-order valence-electron chi connectivity index (χ1n) is 9.35. The van der Waals surface area contributed by atoms with Crippen molar-refractivity contribution >= 4 is 5.96 Å². The van der Waals surface area contributed by atoms with Crippen LogP contribution >= 0.6 is 0 Å². The van der Waals surface area contributed by atoms with Gasteiger partial charge in [-0.3, -0.25) is 9.67 Å². The first kappa shape index (κ1) is 21.0. The molecule has 27 heavy (non-hydrogen) atoms. The van der Waals surface area contributed by atoms with Gasteiger partial charge in [0.15, 0.2) is 5.96 Å². The molecule has 6 nitrogen and oxygen atoms in total. The maximum absolute atomic E-state index is 5.86. The summed E-state index contributed by atoms with van der Waals surface area (Å²) in [5.41, 5.74) is 5.66. The van der Waals surface area contributed by atoms with Crippen molar-refractivity contribution in [3.63, 3.8) is 0 Å². The quantitative estimate of drug-likeness (QED) is 0.604. The van der Waals surface area contributed by atoms with Crippen LogP contribution in [0.25, 0.3) is 0 Å². The molecule has 1 aromatic carbocycles. The van der Waals surface area contributed by atoms with Gasteiger partial charge in [0.25, 0.3) is 0 Å². The second-order valence-electron chi connectivity index (χ2n) is 7.77. The highest BCUT2D eigenvalue weighted by Gasteiger charge is 2.11. The van der Waals surface area contributed by atoms with E-state index in [-0.39, 0.29) is 5.60 Å². The van der Waals surface area contributed by atoms with Gasteiger partial charge in [-0.1, -0.05) is 24.3 Å². The highest BCUT2D eigenvalue weighted by molar-refractivity contribution is 5.79. The average molecular weight is 372 g/mol. The number of nitrogens with zero attached hydrogens (tertiary/aromatic N) is 3. The van der Waals surface area contributed by atoms with Crippen molar-refractivity contribution in [2.45, 2.75) is 59.9 Å². The fourth-order valence-electron chi connectivity index (χ4n) is 2.78. The van der Waals surface area contributed by atoms with Crippen LogP contribution in [-0.2, 0) is 31.5 Å². The molecule has 0 spiro atoms. The SMILES string of the molecule is CN=C(NCc1cccc(COC(C)(C)C)c1)NCc1c(C)nn(C)c1C. The van der Waals surface area contributed by atoms with E-state index in [2.05, 4.69) is 72.7 Å². The number of guanidine groups is 1. The Morgan fingerprint density at radius 1 is 1.15 bits per heavy atom. The summed E-state index contributed by atoms with van der Waals surface area (Å²) in [6, 6.07) is 8.44. The molecule has 0 aliphatic heterocycles. The number of aromatic nitrogens is 2. The monoisotopic (exact) mass is 371 g/mol. The van der Waals surface area contributed by atoms with E-state index in [1.807, 2.05) is 18.7 Å². The zero-order valence-corrected chi connectivity index (χ0v) is 17.7. The van der Waals surface area contributed by atoms with Crippen LogP contribution in [-0.4, -0.2) is 28.4 Å². The van der Waals surface area contributed by atoms with Gasteiger partial charge in [0, 0.05) is 38.4 Å². The van der Waals surface area contributed by atoms with Gasteiger partial charge in [-0.05, 0) is 45.7 Å². The van der Waals surface area contributed by atoms with E-state index in [1.54, 1.807) is 7.05 Å². The van der Waals surface area contributed by atoms with Crippen LogP contribution in [0.5, 0.6) is 0 Å². The van der Waals surface area contributed by atoms with Crippen molar-refractivity contribution in [2.75, 3.05) is 7.05 Å². The molecular weight excluding hydrogens is 338 g/mol. The van der Waals surface area contributed by atoms with E-state index >= 15 is 0 Å². The number of aryl methyl sites for hydroxylation is 2. The lowest BCUT2D eigenvalue weighted by atomic mass is 10.1. The number of hydrogen-bond acceptors (Lipinski definition) is 3. The van der Waals surface area contributed by atoms with Crippen molar-refractivity contribution in [2.24, 2.45) is 12.0 Å². The number of rotatable bonds is 6. The Labute approximate surface area is 163 Å². The van der Waals surface area contributed by atoms with Gasteiger partial charge < -0.3 is 15.4 Å². The van der Waals surface area contributed by atoms with Crippen molar-refractivity contribution in [3.8, 4) is 0 Å². The normalized spacial score (nSPS) is 12.3. The Balaban J connectivity index is 1.90. The molecular formula is C21H33N5O. The molecule has 0 aliphatic carbocycles. The lowest BCUT2D eigenvalue weighted by Gasteiger charge is -2.19. The van der Waals surface area contributed by atoms with E-state index < -0.39 is 0 Å². The summed E-state index contributed by atoms with van der Waals surface area (Å²) >= 11 is 0. The predicted molar refractivity (Wildman–Crippen MR) is 111 cm³/mol. The molecule has 0 saturated carbocycles. The molecule has 2 rings (SSSR count). The first-order chi connectivity index (χ1) is 12.7. The van der Waals surface area contributed by atoms with Gasteiger partial charge >= 0.3 is 0 Å². The van der Waals surface area contributed by atoms with Gasteiger partial charge in [0.05, 0.1) is 17.9 Å². The molecule has 0 unspecified atom stereocenters. The fraction of sp³-hybridized carbons (Fsp3) is 0.524. The zero-order valence-electron chi connectivity index (χ0n) is 17.7. The summed E-state index contributed by atoms with van der Waals surface area (Å²) in [4.78, 5) is 4.32. The Kier molecular flexibility index (Phi) is 7.02. The van der Waals surface area contributed by atoms with Crippen LogP contribution in [0.2, 0.25) is 0 Å². The third kappa shape index (κ3) is 6.40. The van der Waals surface area contributed by atoms with E-state index in [0.29, 0.717) is 19.7 Å². The molecule has 2 N–H and O–H groups in total. The van der Waals surface area contributed by atoms with Crippen molar-refractivity contribution in [3.05, 3.63) is 52.3 Å². The highest BCUT2D eigenvalue weighted by Crippen LogP contribution is 2.13. The largest absolute Gasteiger partial charge is 0.371 e. The summed E-state index contributed by atoms with van der Waals surface area (Å²) < 4.78 is 7.78.